The molecule has 1 rings (SSSR count). The SMILES string of the molecule is CC(=O)Nc1cc(Cl)c(C)cn1. The van der Waals surface area contributed by atoms with Gasteiger partial charge in [-0.2, -0.15) is 0 Å². The molecule has 0 atom stereocenters. The number of anilines is 1. The van der Waals surface area contributed by atoms with Crippen molar-refractivity contribution >= 4 is 23.3 Å². The summed E-state index contributed by atoms with van der Waals surface area (Å²) < 4.78 is 0. The van der Waals surface area contributed by atoms with E-state index in [0.29, 0.717) is 10.8 Å². The lowest BCUT2D eigenvalue weighted by Gasteiger charge is -2.02. The van der Waals surface area contributed by atoms with E-state index in [4.69, 9.17) is 11.6 Å². The fourth-order valence-electron chi connectivity index (χ4n) is 0.748. The molecule has 0 radical (unpaired) electrons. The largest absolute Gasteiger partial charge is 0.311 e. The third-order valence-electron chi connectivity index (χ3n) is 1.34. The number of rotatable bonds is 1. The highest BCUT2D eigenvalue weighted by Crippen LogP contribution is 2.16. The Morgan fingerprint density at radius 1 is 1.67 bits per heavy atom. The van der Waals surface area contributed by atoms with Crippen molar-refractivity contribution in [3.8, 4) is 0 Å². The Bertz CT molecular complexity index is 312. The summed E-state index contributed by atoms with van der Waals surface area (Å²) >= 11 is 5.81. The van der Waals surface area contributed by atoms with Gasteiger partial charge in [-0.25, -0.2) is 4.98 Å². The zero-order chi connectivity index (χ0) is 9.14. The van der Waals surface area contributed by atoms with Crippen LogP contribution >= 0.6 is 11.6 Å². The molecule has 1 aromatic heterocycles. The van der Waals surface area contributed by atoms with Crippen LogP contribution in [0.1, 0.15) is 12.5 Å². The number of hydrogen-bond donors (Lipinski definition) is 1. The lowest BCUT2D eigenvalue weighted by Crippen LogP contribution is -2.07. The highest BCUT2D eigenvalue weighted by atomic mass is 35.5. The molecule has 0 fully saturated rings. The molecule has 0 unspecified atom stereocenters. The van der Waals surface area contributed by atoms with E-state index in [9.17, 15) is 4.79 Å². The molecule has 0 aliphatic carbocycles. The van der Waals surface area contributed by atoms with Crippen molar-refractivity contribution in [3.05, 3.63) is 22.8 Å². The second kappa shape index (κ2) is 3.54. The predicted octanol–water partition coefficient (Wildman–Crippen LogP) is 2.00. The zero-order valence-electron chi connectivity index (χ0n) is 6.89. The molecule has 0 saturated heterocycles. The summed E-state index contributed by atoms with van der Waals surface area (Å²) in [5, 5.41) is 3.14. The van der Waals surface area contributed by atoms with Crippen LogP contribution in [0, 0.1) is 6.92 Å². The van der Waals surface area contributed by atoms with Gasteiger partial charge in [-0.1, -0.05) is 11.6 Å². The minimum Gasteiger partial charge on any atom is -0.311 e. The standard InChI is InChI=1S/C8H9ClN2O/c1-5-4-10-8(3-7(5)9)11-6(2)12/h3-4H,1-2H3,(H,10,11,12). The van der Waals surface area contributed by atoms with Gasteiger partial charge in [-0.05, 0) is 18.6 Å². The molecule has 3 nitrogen and oxygen atoms in total. The van der Waals surface area contributed by atoms with Gasteiger partial charge in [0.2, 0.25) is 5.91 Å². The maximum absolute atomic E-state index is 10.6. The van der Waals surface area contributed by atoms with Gasteiger partial charge in [0.25, 0.3) is 0 Å². The minimum atomic E-state index is -0.151. The van der Waals surface area contributed by atoms with Gasteiger partial charge in [-0.3, -0.25) is 4.79 Å². The number of amides is 1. The normalized spacial score (nSPS) is 9.58. The van der Waals surface area contributed by atoms with Crippen LogP contribution in [0.15, 0.2) is 12.3 Å². The van der Waals surface area contributed by atoms with Gasteiger partial charge < -0.3 is 5.32 Å². The first-order chi connectivity index (χ1) is 5.59. The maximum Gasteiger partial charge on any atom is 0.222 e. The van der Waals surface area contributed by atoms with E-state index < -0.39 is 0 Å². The molecular formula is C8H9ClN2O. The van der Waals surface area contributed by atoms with Gasteiger partial charge in [-0.15, -0.1) is 0 Å². The smallest absolute Gasteiger partial charge is 0.222 e. The van der Waals surface area contributed by atoms with Gasteiger partial charge in [0.05, 0.1) is 0 Å². The van der Waals surface area contributed by atoms with Gasteiger partial charge in [0, 0.05) is 18.1 Å². The van der Waals surface area contributed by atoms with Crippen LogP contribution in [0.25, 0.3) is 0 Å². The Kier molecular flexibility index (Phi) is 2.65. The number of nitrogens with zero attached hydrogens (tertiary/aromatic N) is 1. The predicted molar refractivity (Wildman–Crippen MR) is 48.3 cm³/mol. The molecule has 1 N–H and O–H groups in total. The van der Waals surface area contributed by atoms with Crippen LogP contribution < -0.4 is 5.32 Å². The van der Waals surface area contributed by atoms with Crippen molar-refractivity contribution in [3.63, 3.8) is 0 Å². The Morgan fingerprint density at radius 3 is 2.83 bits per heavy atom. The number of aryl methyl sites for hydroxylation is 1. The van der Waals surface area contributed by atoms with Crippen molar-refractivity contribution in [2.45, 2.75) is 13.8 Å². The fourth-order valence-corrected chi connectivity index (χ4v) is 0.900. The van der Waals surface area contributed by atoms with E-state index in [-0.39, 0.29) is 5.91 Å². The summed E-state index contributed by atoms with van der Waals surface area (Å²) in [6.45, 7) is 3.28. The monoisotopic (exact) mass is 184 g/mol. The molecule has 0 bridgehead atoms. The van der Waals surface area contributed by atoms with Crippen LogP contribution in [0.3, 0.4) is 0 Å². The van der Waals surface area contributed by atoms with Crippen LogP contribution in [0.5, 0.6) is 0 Å². The molecule has 12 heavy (non-hydrogen) atoms. The van der Waals surface area contributed by atoms with E-state index in [1.54, 1.807) is 12.3 Å². The minimum absolute atomic E-state index is 0.151. The zero-order valence-corrected chi connectivity index (χ0v) is 7.64. The van der Waals surface area contributed by atoms with Gasteiger partial charge >= 0.3 is 0 Å². The Hall–Kier alpha value is -1.09. The highest BCUT2D eigenvalue weighted by molar-refractivity contribution is 6.31. The third kappa shape index (κ3) is 2.20. The number of carbonyl (C=O) groups excluding carboxylic acids is 1. The molecule has 0 aliphatic heterocycles. The Morgan fingerprint density at radius 2 is 2.33 bits per heavy atom. The first-order valence-corrected chi connectivity index (χ1v) is 3.87. The van der Waals surface area contributed by atoms with E-state index >= 15 is 0 Å². The molecular weight excluding hydrogens is 176 g/mol. The molecule has 1 heterocycles. The Balaban J connectivity index is 2.89. The lowest BCUT2D eigenvalue weighted by atomic mass is 10.3. The molecule has 4 heteroatoms. The highest BCUT2D eigenvalue weighted by Gasteiger charge is 1.99. The summed E-state index contributed by atoms with van der Waals surface area (Å²) in [4.78, 5) is 14.6. The van der Waals surface area contributed by atoms with Crippen molar-refractivity contribution < 1.29 is 4.79 Å². The first kappa shape index (κ1) is 9.00. The molecule has 0 aliphatic rings. The Labute approximate surface area is 75.8 Å². The number of nitrogens with one attached hydrogen (secondary N) is 1. The van der Waals surface area contributed by atoms with Crippen LogP contribution in [0.4, 0.5) is 5.82 Å². The topological polar surface area (TPSA) is 42.0 Å². The van der Waals surface area contributed by atoms with E-state index in [2.05, 4.69) is 10.3 Å². The van der Waals surface area contributed by atoms with E-state index in [1.165, 1.54) is 6.92 Å². The quantitative estimate of drug-likeness (QED) is 0.726. The molecule has 0 aromatic carbocycles. The molecule has 0 saturated carbocycles. The third-order valence-corrected chi connectivity index (χ3v) is 1.75. The van der Waals surface area contributed by atoms with Crippen LogP contribution in [-0.2, 0) is 4.79 Å². The molecule has 1 amide bonds. The number of carbonyl (C=O) groups is 1. The molecule has 0 spiro atoms. The summed E-state index contributed by atoms with van der Waals surface area (Å²) in [5.74, 6) is 0.334. The fraction of sp³-hybridized carbons (Fsp3) is 0.250. The number of aromatic nitrogens is 1. The average molecular weight is 185 g/mol. The summed E-state index contributed by atoms with van der Waals surface area (Å²) in [5.41, 5.74) is 0.894. The van der Waals surface area contributed by atoms with Crippen molar-refractivity contribution in [1.82, 2.24) is 4.98 Å². The average Bonchev–Trinajstić information content (AvgIpc) is 1.96. The first-order valence-electron chi connectivity index (χ1n) is 3.49. The van der Waals surface area contributed by atoms with Crippen molar-refractivity contribution in [2.75, 3.05) is 5.32 Å². The van der Waals surface area contributed by atoms with E-state index in [1.807, 2.05) is 6.92 Å². The maximum atomic E-state index is 10.6. The van der Waals surface area contributed by atoms with Crippen molar-refractivity contribution in [1.29, 1.82) is 0 Å². The number of hydrogen-bond acceptors (Lipinski definition) is 2. The lowest BCUT2D eigenvalue weighted by molar-refractivity contribution is -0.114. The van der Waals surface area contributed by atoms with E-state index in [0.717, 1.165) is 5.56 Å². The number of halogens is 1. The summed E-state index contributed by atoms with van der Waals surface area (Å²) in [6.07, 6.45) is 1.62. The second-order valence-electron chi connectivity index (χ2n) is 2.50. The summed E-state index contributed by atoms with van der Waals surface area (Å²) in [7, 11) is 0. The molecule has 1 aromatic rings. The number of pyridine rings is 1. The second-order valence-corrected chi connectivity index (χ2v) is 2.91. The van der Waals surface area contributed by atoms with Crippen molar-refractivity contribution in [2.24, 2.45) is 0 Å². The van der Waals surface area contributed by atoms with Crippen LogP contribution in [0.2, 0.25) is 5.02 Å². The van der Waals surface area contributed by atoms with Gasteiger partial charge in [0.1, 0.15) is 5.82 Å². The van der Waals surface area contributed by atoms with Crippen LogP contribution in [-0.4, -0.2) is 10.9 Å². The van der Waals surface area contributed by atoms with Gasteiger partial charge in [0.15, 0.2) is 0 Å². The summed E-state index contributed by atoms with van der Waals surface area (Å²) in [6, 6.07) is 1.62. The molecule has 64 valence electrons.